The van der Waals surface area contributed by atoms with Crippen molar-refractivity contribution >= 4 is 5.82 Å². The Morgan fingerprint density at radius 1 is 1.35 bits per heavy atom. The van der Waals surface area contributed by atoms with Crippen LogP contribution in [0.1, 0.15) is 18.4 Å². The molecule has 0 atom stereocenters. The average molecular weight is 229 g/mol. The van der Waals surface area contributed by atoms with Gasteiger partial charge in [0.25, 0.3) is 0 Å². The van der Waals surface area contributed by atoms with Crippen LogP contribution in [0.5, 0.6) is 0 Å². The predicted octanol–water partition coefficient (Wildman–Crippen LogP) is 2.29. The number of anilines is 1. The van der Waals surface area contributed by atoms with E-state index in [2.05, 4.69) is 22.3 Å². The van der Waals surface area contributed by atoms with Crippen LogP contribution in [0.2, 0.25) is 0 Å². The van der Waals surface area contributed by atoms with Crippen LogP contribution in [0, 0.1) is 0 Å². The van der Waals surface area contributed by atoms with E-state index in [1.807, 2.05) is 18.2 Å². The fourth-order valence-electron chi connectivity index (χ4n) is 2.29. The molecule has 0 unspecified atom stereocenters. The van der Waals surface area contributed by atoms with Gasteiger partial charge in [-0.3, -0.25) is 5.10 Å². The topological polar surface area (TPSA) is 63.9 Å². The van der Waals surface area contributed by atoms with Crippen LogP contribution in [0.25, 0.3) is 11.3 Å². The molecule has 2 aromatic rings. The van der Waals surface area contributed by atoms with Crippen LogP contribution >= 0.6 is 0 Å². The monoisotopic (exact) mass is 229 g/mol. The van der Waals surface area contributed by atoms with Crippen LogP contribution in [-0.4, -0.2) is 17.3 Å². The molecule has 1 aliphatic carbocycles. The molecule has 4 nitrogen and oxygen atoms in total. The Bertz CT molecular complexity index is 543. The van der Waals surface area contributed by atoms with Crippen molar-refractivity contribution in [3.05, 3.63) is 35.9 Å². The van der Waals surface area contributed by atoms with Crippen LogP contribution in [0.4, 0.5) is 5.82 Å². The SMILES string of the molecule is COC1(c2ccccc2-c2cc(N)n[nH]2)CC1. The van der Waals surface area contributed by atoms with Crippen molar-refractivity contribution in [2.75, 3.05) is 12.8 Å². The van der Waals surface area contributed by atoms with Gasteiger partial charge in [0.2, 0.25) is 0 Å². The van der Waals surface area contributed by atoms with Gasteiger partial charge in [0.05, 0.1) is 11.3 Å². The number of benzene rings is 1. The van der Waals surface area contributed by atoms with E-state index in [-0.39, 0.29) is 5.60 Å². The molecule has 88 valence electrons. The van der Waals surface area contributed by atoms with E-state index in [0.717, 1.165) is 24.1 Å². The molecule has 1 saturated carbocycles. The lowest BCUT2D eigenvalue weighted by atomic mass is 9.98. The van der Waals surface area contributed by atoms with Gasteiger partial charge in [-0.2, -0.15) is 5.10 Å². The van der Waals surface area contributed by atoms with Crippen molar-refractivity contribution < 1.29 is 4.74 Å². The highest BCUT2D eigenvalue weighted by atomic mass is 16.5. The number of nitrogens with two attached hydrogens (primary N) is 1. The Kier molecular flexibility index (Phi) is 2.19. The Hall–Kier alpha value is -1.81. The molecule has 0 saturated heterocycles. The summed E-state index contributed by atoms with van der Waals surface area (Å²) in [4.78, 5) is 0. The van der Waals surface area contributed by atoms with Gasteiger partial charge in [0.1, 0.15) is 5.82 Å². The second-order valence-corrected chi connectivity index (χ2v) is 4.45. The van der Waals surface area contributed by atoms with Crippen molar-refractivity contribution in [2.45, 2.75) is 18.4 Å². The first-order chi connectivity index (χ1) is 8.25. The maximum absolute atomic E-state index is 5.65. The quantitative estimate of drug-likeness (QED) is 0.848. The van der Waals surface area contributed by atoms with Crippen molar-refractivity contribution in [2.24, 2.45) is 0 Å². The molecule has 0 bridgehead atoms. The highest BCUT2D eigenvalue weighted by Crippen LogP contribution is 2.51. The van der Waals surface area contributed by atoms with Gasteiger partial charge in [-0.25, -0.2) is 0 Å². The summed E-state index contributed by atoms with van der Waals surface area (Å²) in [7, 11) is 1.77. The first kappa shape index (κ1) is 10.4. The fourth-order valence-corrected chi connectivity index (χ4v) is 2.29. The number of hydrogen-bond donors (Lipinski definition) is 2. The smallest absolute Gasteiger partial charge is 0.145 e. The number of H-pyrrole nitrogens is 1. The number of hydrogen-bond acceptors (Lipinski definition) is 3. The molecule has 3 rings (SSSR count). The molecule has 0 spiro atoms. The summed E-state index contributed by atoms with van der Waals surface area (Å²) in [6.45, 7) is 0. The molecule has 0 aliphatic heterocycles. The average Bonchev–Trinajstić information content (AvgIpc) is 3.05. The van der Waals surface area contributed by atoms with Crippen molar-refractivity contribution in [3.8, 4) is 11.3 Å². The highest BCUT2D eigenvalue weighted by Gasteiger charge is 2.46. The largest absolute Gasteiger partial charge is 0.382 e. The lowest BCUT2D eigenvalue weighted by molar-refractivity contribution is 0.0794. The number of nitrogen functional groups attached to an aromatic ring is 1. The van der Waals surface area contributed by atoms with Gasteiger partial charge < -0.3 is 10.5 Å². The van der Waals surface area contributed by atoms with Crippen molar-refractivity contribution in [1.82, 2.24) is 10.2 Å². The number of ether oxygens (including phenoxy) is 1. The number of methoxy groups -OCH3 is 1. The molecule has 1 fully saturated rings. The van der Waals surface area contributed by atoms with Gasteiger partial charge in [-0.1, -0.05) is 24.3 Å². The molecule has 1 aromatic heterocycles. The third-order valence-corrected chi connectivity index (χ3v) is 3.40. The summed E-state index contributed by atoms with van der Waals surface area (Å²) in [6.07, 6.45) is 2.15. The van der Waals surface area contributed by atoms with Crippen LogP contribution in [0.15, 0.2) is 30.3 Å². The van der Waals surface area contributed by atoms with E-state index in [1.54, 1.807) is 7.11 Å². The van der Waals surface area contributed by atoms with Gasteiger partial charge in [-0.05, 0) is 18.4 Å². The minimum Gasteiger partial charge on any atom is -0.382 e. The third kappa shape index (κ3) is 1.61. The lowest BCUT2D eigenvalue weighted by Crippen LogP contribution is -2.10. The summed E-state index contributed by atoms with van der Waals surface area (Å²) in [5.74, 6) is 0.511. The fraction of sp³-hybridized carbons (Fsp3) is 0.308. The van der Waals surface area contributed by atoms with E-state index < -0.39 is 0 Å². The van der Waals surface area contributed by atoms with E-state index >= 15 is 0 Å². The predicted molar refractivity (Wildman–Crippen MR) is 66.4 cm³/mol. The number of nitrogens with zero attached hydrogens (tertiary/aromatic N) is 1. The second-order valence-electron chi connectivity index (χ2n) is 4.45. The Balaban J connectivity index is 2.11. The number of rotatable bonds is 3. The van der Waals surface area contributed by atoms with Crippen molar-refractivity contribution in [3.63, 3.8) is 0 Å². The standard InChI is InChI=1S/C13H15N3O/c1-17-13(6-7-13)10-5-3-2-4-9(10)11-8-12(14)16-15-11/h2-5,8H,6-7H2,1H3,(H3,14,15,16). The zero-order valence-electron chi connectivity index (χ0n) is 9.73. The summed E-state index contributed by atoms with van der Waals surface area (Å²) >= 11 is 0. The van der Waals surface area contributed by atoms with Gasteiger partial charge >= 0.3 is 0 Å². The van der Waals surface area contributed by atoms with E-state index in [4.69, 9.17) is 10.5 Å². The lowest BCUT2D eigenvalue weighted by Gasteiger charge is -2.17. The van der Waals surface area contributed by atoms with Crippen LogP contribution < -0.4 is 5.73 Å². The molecule has 1 aliphatic rings. The number of aromatic nitrogens is 2. The third-order valence-electron chi connectivity index (χ3n) is 3.40. The van der Waals surface area contributed by atoms with E-state index in [0.29, 0.717) is 5.82 Å². The Morgan fingerprint density at radius 2 is 2.12 bits per heavy atom. The zero-order chi connectivity index (χ0) is 11.9. The van der Waals surface area contributed by atoms with Crippen LogP contribution in [-0.2, 0) is 10.3 Å². The molecular weight excluding hydrogens is 214 g/mol. The maximum atomic E-state index is 5.65. The summed E-state index contributed by atoms with van der Waals surface area (Å²) < 4.78 is 5.64. The van der Waals surface area contributed by atoms with E-state index in [9.17, 15) is 0 Å². The first-order valence-electron chi connectivity index (χ1n) is 5.71. The van der Waals surface area contributed by atoms with Crippen LogP contribution in [0.3, 0.4) is 0 Å². The minimum absolute atomic E-state index is 0.101. The Labute approximate surface area is 99.8 Å². The minimum atomic E-state index is -0.101. The summed E-state index contributed by atoms with van der Waals surface area (Å²) in [5.41, 5.74) is 8.83. The van der Waals surface area contributed by atoms with Crippen molar-refractivity contribution in [1.29, 1.82) is 0 Å². The molecule has 0 amide bonds. The normalized spacial score (nSPS) is 17.0. The van der Waals surface area contributed by atoms with Gasteiger partial charge in [-0.15, -0.1) is 0 Å². The van der Waals surface area contributed by atoms with E-state index in [1.165, 1.54) is 5.56 Å². The molecule has 1 aromatic carbocycles. The maximum Gasteiger partial charge on any atom is 0.145 e. The van der Waals surface area contributed by atoms with Gasteiger partial charge in [0, 0.05) is 18.7 Å². The first-order valence-corrected chi connectivity index (χ1v) is 5.71. The molecule has 1 heterocycles. The molecule has 17 heavy (non-hydrogen) atoms. The molecule has 3 N–H and O–H groups in total. The van der Waals surface area contributed by atoms with Gasteiger partial charge in [0.15, 0.2) is 0 Å². The summed E-state index contributed by atoms with van der Waals surface area (Å²) in [5, 5.41) is 6.93. The highest BCUT2D eigenvalue weighted by molar-refractivity contribution is 5.67. The molecule has 4 heteroatoms. The molecular formula is C13H15N3O. The number of aromatic amines is 1. The second kappa shape index (κ2) is 3.60. The summed E-state index contributed by atoms with van der Waals surface area (Å²) in [6, 6.07) is 10.1. The molecule has 0 radical (unpaired) electrons. The number of nitrogens with one attached hydrogen (secondary N) is 1. The zero-order valence-corrected chi connectivity index (χ0v) is 9.73. The Morgan fingerprint density at radius 3 is 2.71 bits per heavy atom.